The van der Waals surface area contributed by atoms with Crippen molar-refractivity contribution in [1.29, 1.82) is 0 Å². The Morgan fingerprint density at radius 3 is 2.48 bits per heavy atom. The van der Waals surface area contributed by atoms with Gasteiger partial charge in [0.2, 0.25) is 0 Å². The topological polar surface area (TPSA) is 33.7 Å². The van der Waals surface area contributed by atoms with E-state index in [0.717, 1.165) is 44.1 Å². The Bertz CT molecular complexity index is 677. The highest BCUT2D eigenvalue weighted by Crippen LogP contribution is 2.37. The molecular formula is C21H28N2O2. The molecule has 3 rings (SSSR count). The standard InChI is InChI=1S/C21H28N2O2/c1-16-5-7-17(8-6-16)21(23-13-4-11-22-12-14-23)19-10-9-18(24-2)15-20(19)25-3/h5-10,15,21-22H,4,11-14H2,1-3H3. The summed E-state index contributed by atoms with van der Waals surface area (Å²) in [7, 11) is 3.42. The first-order valence-electron chi connectivity index (χ1n) is 8.96. The van der Waals surface area contributed by atoms with E-state index in [9.17, 15) is 0 Å². The number of hydrogen-bond donors (Lipinski definition) is 1. The van der Waals surface area contributed by atoms with Crippen molar-refractivity contribution in [3.05, 3.63) is 59.2 Å². The molecule has 0 aromatic heterocycles. The van der Waals surface area contributed by atoms with Crippen LogP contribution in [0.3, 0.4) is 0 Å². The van der Waals surface area contributed by atoms with Crippen LogP contribution in [-0.4, -0.2) is 45.3 Å². The van der Waals surface area contributed by atoms with Gasteiger partial charge in [0.1, 0.15) is 11.5 Å². The highest BCUT2D eigenvalue weighted by Gasteiger charge is 2.26. The van der Waals surface area contributed by atoms with Crippen molar-refractivity contribution >= 4 is 0 Å². The monoisotopic (exact) mass is 340 g/mol. The average molecular weight is 340 g/mol. The maximum absolute atomic E-state index is 5.71. The van der Waals surface area contributed by atoms with Crippen LogP contribution in [0.15, 0.2) is 42.5 Å². The molecule has 1 heterocycles. The molecule has 2 aromatic rings. The summed E-state index contributed by atoms with van der Waals surface area (Å²) in [6.45, 7) is 6.31. The molecule has 1 unspecified atom stereocenters. The van der Waals surface area contributed by atoms with Crippen LogP contribution in [0.1, 0.15) is 29.2 Å². The number of methoxy groups -OCH3 is 2. The van der Waals surface area contributed by atoms with Gasteiger partial charge in [0, 0.05) is 31.3 Å². The van der Waals surface area contributed by atoms with Gasteiger partial charge in [-0.15, -0.1) is 0 Å². The van der Waals surface area contributed by atoms with Crippen LogP contribution in [0.2, 0.25) is 0 Å². The highest BCUT2D eigenvalue weighted by molar-refractivity contribution is 5.46. The fourth-order valence-electron chi connectivity index (χ4n) is 3.50. The summed E-state index contributed by atoms with van der Waals surface area (Å²) in [5.74, 6) is 1.70. The van der Waals surface area contributed by atoms with E-state index in [1.165, 1.54) is 16.7 Å². The van der Waals surface area contributed by atoms with Crippen LogP contribution in [0.5, 0.6) is 11.5 Å². The minimum absolute atomic E-state index is 0.182. The Balaban J connectivity index is 2.05. The molecule has 1 saturated heterocycles. The summed E-state index contributed by atoms with van der Waals surface area (Å²) in [5, 5.41) is 3.50. The first-order valence-corrected chi connectivity index (χ1v) is 8.96. The van der Waals surface area contributed by atoms with Gasteiger partial charge >= 0.3 is 0 Å². The Kier molecular flexibility index (Phi) is 5.95. The molecule has 1 fully saturated rings. The Labute approximate surface area is 150 Å². The highest BCUT2D eigenvalue weighted by atomic mass is 16.5. The largest absolute Gasteiger partial charge is 0.497 e. The minimum atomic E-state index is 0.182. The van der Waals surface area contributed by atoms with E-state index in [2.05, 4.69) is 47.5 Å². The van der Waals surface area contributed by atoms with Gasteiger partial charge in [0.05, 0.1) is 20.3 Å². The molecule has 1 N–H and O–H groups in total. The first kappa shape index (κ1) is 17.8. The molecule has 0 radical (unpaired) electrons. The van der Waals surface area contributed by atoms with Gasteiger partial charge in [-0.1, -0.05) is 29.8 Å². The second kappa shape index (κ2) is 8.37. The number of rotatable bonds is 5. The lowest BCUT2D eigenvalue weighted by Gasteiger charge is -2.32. The maximum Gasteiger partial charge on any atom is 0.127 e. The zero-order valence-corrected chi connectivity index (χ0v) is 15.4. The van der Waals surface area contributed by atoms with Crippen LogP contribution < -0.4 is 14.8 Å². The molecule has 25 heavy (non-hydrogen) atoms. The van der Waals surface area contributed by atoms with E-state index in [0.29, 0.717) is 0 Å². The molecule has 0 saturated carbocycles. The lowest BCUT2D eigenvalue weighted by molar-refractivity contribution is 0.236. The molecule has 4 heteroatoms. The number of nitrogens with one attached hydrogen (secondary N) is 1. The quantitative estimate of drug-likeness (QED) is 0.904. The maximum atomic E-state index is 5.71. The Morgan fingerprint density at radius 2 is 1.76 bits per heavy atom. The number of aryl methyl sites for hydroxylation is 1. The van der Waals surface area contributed by atoms with E-state index in [-0.39, 0.29) is 6.04 Å². The molecule has 1 aliphatic rings. The van der Waals surface area contributed by atoms with Gasteiger partial charge in [-0.3, -0.25) is 4.90 Å². The van der Waals surface area contributed by atoms with E-state index >= 15 is 0 Å². The summed E-state index contributed by atoms with van der Waals surface area (Å²) in [5.41, 5.74) is 3.77. The molecule has 4 nitrogen and oxygen atoms in total. The molecule has 0 spiro atoms. The Hall–Kier alpha value is -2.04. The molecule has 134 valence electrons. The smallest absolute Gasteiger partial charge is 0.127 e. The van der Waals surface area contributed by atoms with Gasteiger partial charge in [-0.25, -0.2) is 0 Å². The van der Waals surface area contributed by atoms with Crippen LogP contribution in [0.25, 0.3) is 0 Å². The number of hydrogen-bond acceptors (Lipinski definition) is 4. The third-order valence-electron chi connectivity index (χ3n) is 4.87. The molecule has 0 bridgehead atoms. The van der Waals surface area contributed by atoms with Crippen LogP contribution in [0.4, 0.5) is 0 Å². The lowest BCUT2D eigenvalue weighted by atomic mass is 9.95. The molecule has 0 aliphatic carbocycles. The number of ether oxygens (including phenoxy) is 2. The van der Waals surface area contributed by atoms with Crippen molar-refractivity contribution < 1.29 is 9.47 Å². The predicted molar refractivity (Wildman–Crippen MR) is 102 cm³/mol. The normalized spacial score (nSPS) is 16.9. The second-order valence-electron chi connectivity index (χ2n) is 6.56. The summed E-state index contributed by atoms with van der Waals surface area (Å²) >= 11 is 0. The minimum Gasteiger partial charge on any atom is -0.497 e. The zero-order valence-electron chi connectivity index (χ0n) is 15.4. The van der Waals surface area contributed by atoms with E-state index in [1.807, 2.05) is 12.1 Å². The molecule has 0 amide bonds. The lowest BCUT2D eigenvalue weighted by Crippen LogP contribution is -2.33. The molecule has 2 aromatic carbocycles. The van der Waals surface area contributed by atoms with Crippen LogP contribution in [-0.2, 0) is 0 Å². The van der Waals surface area contributed by atoms with Crippen LogP contribution in [0, 0.1) is 6.92 Å². The fourth-order valence-corrected chi connectivity index (χ4v) is 3.50. The van der Waals surface area contributed by atoms with Crippen molar-refractivity contribution in [2.45, 2.75) is 19.4 Å². The van der Waals surface area contributed by atoms with Gasteiger partial charge in [-0.05, 0) is 37.6 Å². The summed E-state index contributed by atoms with van der Waals surface area (Å²) in [6, 6.07) is 15.2. The summed E-state index contributed by atoms with van der Waals surface area (Å²) in [6.07, 6.45) is 1.15. The van der Waals surface area contributed by atoms with Crippen molar-refractivity contribution in [2.24, 2.45) is 0 Å². The zero-order chi connectivity index (χ0) is 17.6. The summed E-state index contributed by atoms with van der Waals surface area (Å²) in [4.78, 5) is 2.55. The van der Waals surface area contributed by atoms with E-state index in [1.54, 1.807) is 14.2 Å². The fraction of sp³-hybridized carbons (Fsp3) is 0.429. The number of benzene rings is 2. The van der Waals surface area contributed by atoms with Gasteiger partial charge < -0.3 is 14.8 Å². The van der Waals surface area contributed by atoms with E-state index in [4.69, 9.17) is 9.47 Å². The van der Waals surface area contributed by atoms with Crippen molar-refractivity contribution in [3.8, 4) is 11.5 Å². The van der Waals surface area contributed by atoms with Crippen molar-refractivity contribution in [3.63, 3.8) is 0 Å². The second-order valence-corrected chi connectivity index (χ2v) is 6.56. The van der Waals surface area contributed by atoms with Crippen molar-refractivity contribution in [2.75, 3.05) is 40.4 Å². The van der Waals surface area contributed by atoms with Crippen LogP contribution >= 0.6 is 0 Å². The van der Waals surface area contributed by atoms with E-state index < -0.39 is 0 Å². The third kappa shape index (κ3) is 4.14. The SMILES string of the molecule is COc1ccc(C(c2ccc(C)cc2)N2CCCNCC2)c(OC)c1. The van der Waals surface area contributed by atoms with Gasteiger partial charge in [0.15, 0.2) is 0 Å². The van der Waals surface area contributed by atoms with Gasteiger partial charge in [-0.2, -0.15) is 0 Å². The first-order chi connectivity index (χ1) is 12.2. The molecule has 1 aliphatic heterocycles. The van der Waals surface area contributed by atoms with Gasteiger partial charge in [0.25, 0.3) is 0 Å². The third-order valence-corrected chi connectivity index (χ3v) is 4.87. The predicted octanol–water partition coefficient (Wildman–Crippen LogP) is 3.40. The molecular weight excluding hydrogens is 312 g/mol. The summed E-state index contributed by atoms with van der Waals surface area (Å²) < 4.78 is 11.1. The van der Waals surface area contributed by atoms with Crippen molar-refractivity contribution in [1.82, 2.24) is 10.2 Å². The molecule has 1 atom stereocenters. The Morgan fingerprint density at radius 1 is 0.960 bits per heavy atom. The average Bonchev–Trinajstić information content (AvgIpc) is 2.93. The number of nitrogens with zero attached hydrogens (tertiary/aromatic N) is 1.